The van der Waals surface area contributed by atoms with E-state index in [9.17, 15) is 9.59 Å². The first-order valence-electron chi connectivity index (χ1n) is 16.7. The monoisotopic (exact) mass is 638 g/mol. The molecule has 1 aromatic heterocycles. The molecule has 2 amide bonds. The summed E-state index contributed by atoms with van der Waals surface area (Å²) in [5.74, 6) is 0.443. The van der Waals surface area contributed by atoms with Gasteiger partial charge < -0.3 is 19.8 Å². The number of hydrogen-bond donors (Lipinski definition) is 2. The molecule has 2 unspecified atom stereocenters. The van der Waals surface area contributed by atoms with Crippen molar-refractivity contribution in [2.45, 2.75) is 58.2 Å². The first kappa shape index (κ1) is 32.6. The van der Waals surface area contributed by atoms with Gasteiger partial charge in [-0.15, -0.1) is 0 Å². The van der Waals surface area contributed by atoms with Crippen molar-refractivity contribution in [2.75, 3.05) is 0 Å². The molecule has 2 N–H and O–H groups in total. The second-order valence-corrected chi connectivity index (χ2v) is 12.8. The second-order valence-electron chi connectivity index (χ2n) is 12.8. The highest BCUT2D eigenvalue weighted by atomic mass is 16.5. The average molecular weight is 639 g/mol. The summed E-state index contributed by atoms with van der Waals surface area (Å²) in [5.41, 5.74) is 4.20. The van der Waals surface area contributed by atoms with Gasteiger partial charge in [-0.1, -0.05) is 98.8 Å². The van der Waals surface area contributed by atoms with Crippen LogP contribution in [0.25, 0.3) is 21.5 Å². The normalized spacial score (nSPS) is 14.4. The fraction of sp³-hybridized carbons (Fsp3) is 0.238. The molecule has 0 spiro atoms. The van der Waals surface area contributed by atoms with E-state index < -0.39 is 6.04 Å². The minimum absolute atomic E-state index is 0.0124. The molecule has 1 heterocycles. The van der Waals surface area contributed by atoms with E-state index in [2.05, 4.69) is 77.4 Å². The molecule has 0 aliphatic heterocycles. The van der Waals surface area contributed by atoms with Gasteiger partial charge in [-0.05, 0) is 100 Å². The number of benzene rings is 5. The molecule has 1 aliphatic rings. The van der Waals surface area contributed by atoms with Crippen LogP contribution in [0.1, 0.15) is 53.7 Å². The molecule has 244 valence electrons. The smallest absolute Gasteiger partial charge is 0.252 e. The Labute approximate surface area is 282 Å². The maximum atomic E-state index is 13.6. The number of hydrogen-bond acceptors (Lipinski definition) is 4. The fourth-order valence-corrected chi connectivity index (χ4v) is 6.41. The standard InChI is InChI=1S/C38H38N2O3.C4H4O/c1-25(2)21-36(40-37(41)29-12-8-13-31(22-29)43-24-26-9-4-3-5-10-26)38(42)39-30-18-15-28-17-19-33-32-14-7-6-11-27(32)16-20-34(33)35(28)23-30;1-2-4-5-3-1/h3-14,16-17,19-20,22,25,30,36H,15,18,21,23-24H2,1-2H3,(H,39,42)(H,40,41);1-4H. The van der Waals surface area contributed by atoms with Crippen molar-refractivity contribution in [1.29, 1.82) is 0 Å². The quantitative estimate of drug-likeness (QED) is 0.155. The molecule has 6 aromatic rings. The predicted molar refractivity (Wildman–Crippen MR) is 192 cm³/mol. The van der Waals surface area contributed by atoms with E-state index in [1.54, 1.807) is 30.7 Å². The molecule has 0 fully saturated rings. The summed E-state index contributed by atoms with van der Waals surface area (Å²) in [6.45, 7) is 4.55. The zero-order chi connectivity index (χ0) is 33.3. The van der Waals surface area contributed by atoms with Crippen LogP contribution in [-0.2, 0) is 24.2 Å². The number of fused-ring (bicyclic) bond motifs is 5. The molecular formula is C42H42N2O4. The molecule has 5 aromatic carbocycles. The lowest BCUT2D eigenvalue weighted by molar-refractivity contribution is -0.124. The topological polar surface area (TPSA) is 80.6 Å². The molecular weight excluding hydrogens is 596 g/mol. The molecule has 48 heavy (non-hydrogen) atoms. The number of amides is 2. The van der Waals surface area contributed by atoms with E-state index in [0.29, 0.717) is 24.3 Å². The van der Waals surface area contributed by atoms with Crippen molar-refractivity contribution < 1.29 is 18.7 Å². The lowest BCUT2D eigenvalue weighted by Gasteiger charge is -2.29. The summed E-state index contributed by atoms with van der Waals surface area (Å²) < 4.78 is 10.5. The Kier molecular flexibility index (Phi) is 10.5. The Morgan fingerprint density at radius 1 is 0.812 bits per heavy atom. The van der Waals surface area contributed by atoms with Crippen molar-refractivity contribution >= 4 is 33.4 Å². The number of ether oxygens (including phenoxy) is 1. The van der Waals surface area contributed by atoms with Gasteiger partial charge in [-0.2, -0.15) is 0 Å². The van der Waals surface area contributed by atoms with Crippen LogP contribution in [0.3, 0.4) is 0 Å². The minimum Gasteiger partial charge on any atom is -0.489 e. The van der Waals surface area contributed by atoms with Crippen LogP contribution < -0.4 is 15.4 Å². The summed E-state index contributed by atoms with van der Waals surface area (Å²) in [6.07, 6.45) is 6.38. The van der Waals surface area contributed by atoms with E-state index in [-0.39, 0.29) is 23.8 Å². The lowest BCUT2D eigenvalue weighted by Crippen LogP contribution is -2.51. The SMILES string of the molecule is CC(C)CC(NC(=O)c1cccc(OCc2ccccc2)c1)C(=O)NC1CCc2ccc3c(ccc4ccccc43)c2C1.c1ccoc1. The molecule has 0 bridgehead atoms. The molecule has 6 heteroatoms. The van der Waals surface area contributed by atoms with Crippen LogP contribution in [-0.4, -0.2) is 23.9 Å². The molecule has 1 aliphatic carbocycles. The third-order valence-corrected chi connectivity index (χ3v) is 8.79. The van der Waals surface area contributed by atoms with Gasteiger partial charge in [0, 0.05) is 11.6 Å². The predicted octanol–water partition coefficient (Wildman–Crippen LogP) is 8.67. The molecule has 2 atom stereocenters. The summed E-state index contributed by atoms with van der Waals surface area (Å²) in [5, 5.41) is 11.3. The van der Waals surface area contributed by atoms with Crippen LogP contribution in [0.5, 0.6) is 5.75 Å². The van der Waals surface area contributed by atoms with E-state index in [4.69, 9.17) is 4.74 Å². The molecule has 6 nitrogen and oxygen atoms in total. The molecule has 7 rings (SSSR count). The molecule has 0 saturated heterocycles. The number of aryl methyl sites for hydroxylation is 1. The van der Waals surface area contributed by atoms with Gasteiger partial charge in [0.15, 0.2) is 0 Å². The number of carbonyl (C=O) groups excluding carboxylic acids is 2. The molecule has 0 radical (unpaired) electrons. The lowest BCUT2D eigenvalue weighted by atomic mass is 9.84. The summed E-state index contributed by atoms with van der Waals surface area (Å²) >= 11 is 0. The Hall–Kier alpha value is -5.36. The van der Waals surface area contributed by atoms with E-state index >= 15 is 0 Å². The van der Waals surface area contributed by atoms with Gasteiger partial charge in [-0.3, -0.25) is 9.59 Å². The Bertz CT molecular complexity index is 1950. The highest BCUT2D eigenvalue weighted by molar-refractivity contribution is 6.08. The highest BCUT2D eigenvalue weighted by Gasteiger charge is 2.27. The number of carbonyl (C=O) groups is 2. The van der Waals surface area contributed by atoms with E-state index in [1.165, 1.54) is 32.7 Å². The Morgan fingerprint density at radius 2 is 1.58 bits per heavy atom. The van der Waals surface area contributed by atoms with Crippen LogP contribution >= 0.6 is 0 Å². The van der Waals surface area contributed by atoms with Gasteiger partial charge in [0.2, 0.25) is 5.91 Å². The van der Waals surface area contributed by atoms with Crippen molar-refractivity contribution in [3.05, 3.63) is 150 Å². The number of rotatable bonds is 9. The second kappa shape index (κ2) is 15.5. The van der Waals surface area contributed by atoms with Gasteiger partial charge in [0.05, 0.1) is 12.5 Å². The van der Waals surface area contributed by atoms with E-state index in [1.807, 2.05) is 48.5 Å². The highest BCUT2D eigenvalue weighted by Crippen LogP contribution is 2.33. The molecule has 0 saturated carbocycles. The van der Waals surface area contributed by atoms with Gasteiger partial charge in [-0.25, -0.2) is 0 Å². The Balaban J connectivity index is 0.000000736. The maximum Gasteiger partial charge on any atom is 0.252 e. The van der Waals surface area contributed by atoms with Crippen LogP contribution in [0.2, 0.25) is 0 Å². The van der Waals surface area contributed by atoms with E-state index in [0.717, 1.165) is 24.8 Å². The van der Waals surface area contributed by atoms with Crippen molar-refractivity contribution in [3.8, 4) is 5.75 Å². The van der Waals surface area contributed by atoms with Gasteiger partial charge >= 0.3 is 0 Å². The largest absolute Gasteiger partial charge is 0.489 e. The first-order chi connectivity index (χ1) is 23.4. The van der Waals surface area contributed by atoms with Gasteiger partial charge in [0.1, 0.15) is 18.4 Å². The zero-order valence-corrected chi connectivity index (χ0v) is 27.5. The van der Waals surface area contributed by atoms with Crippen LogP contribution in [0.15, 0.2) is 132 Å². The zero-order valence-electron chi connectivity index (χ0n) is 27.5. The third-order valence-electron chi connectivity index (χ3n) is 8.79. The maximum absolute atomic E-state index is 13.6. The number of furan rings is 1. The number of nitrogens with one attached hydrogen (secondary N) is 2. The van der Waals surface area contributed by atoms with Crippen LogP contribution in [0.4, 0.5) is 0 Å². The van der Waals surface area contributed by atoms with Gasteiger partial charge in [0.25, 0.3) is 5.91 Å². The van der Waals surface area contributed by atoms with Crippen molar-refractivity contribution in [2.24, 2.45) is 5.92 Å². The minimum atomic E-state index is -0.626. The average Bonchev–Trinajstić information content (AvgIpc) is 3.71. The van der Waals surface area contributed by atoms with Crippen LogP contribution in [0, 0.1) is 5.92 Å². The third kappa shape index (κ3) is 8.13. The summed E-state index contributed by atoms with van der Waals surface area (Å²) in [4.78, 5) is 27.0. The van der Waals surface area contributed by atoms with Crippen molar-refractivity contribution in [3.63, 3.8) is 0 Å². The fourth-order valence-electron chi connectivity index (χ4n) is 6.41. The first-order valence-corrected chi connectivity index (χ1v) is 16.7. The van der Waals surface area contributed by atoms with Crippen molar-refractivity contribution in [1.82, 2.24) is 10.6 Å². The summed E-state index contributed by atoms with van der Waals surface area (Å²) in [7, 11) is 0. The summed E-state index contributed by atoms with van der Waals surface area (Å²) in [6, 6.07) is 37.5. The Morgan fingerprint density at radius 3 is 2.35 bits per heavy atom.